The minimum Gasteiger partial charge on any atom is -0.349 e. The minimum absolute atomic E-state index is 0.124. The Kier molecular flexibility index (Phi) is 6.70. The summed E-state index contributed by atoms with van der Waals surface area (Å²) in [6.45, 7) is 0.741. The van der Waals surface area contributed by atoms with Crippen molar-refractivity contribution < 1.29 is 4.39 Å². The molecule has 1 aromatic carbocycles. The molecule has 0 aliphatic heterocycles. The zero-order chi connectivity index (χ0) is 14.3. The third kappa shape index (κ3) is 5.51. The molecule has 0 fully saturated rings. The fourth-order valence-corrected chi connectivity index (χ4v) is 2.51. The van der Waals surface area contributed by atoms with E-state index in [1.807, 2.05) is 50.1 Å². The Morgan fingerprint density at radius 2 is 1.79 bits per heavy atom. The lowest BCUT2D eigenvalue weighted by Gasteiger charge is -2.22. The molecule has 1 aromatic rings. The molecular weight excluding hydrogens is 261 g/mol. The molecule has 0 unspecified atom stereocenters. The topological polar surface area (TPSA) is 18.8 Å². The van der Waals surface area contributed by atoms with Gasteiger partial charge in [0, 0.05) is 39.7 Å². The van der Waals surface area contributed by atoms with E-state index in [0.29, 0.717) is 5.75 Å². The van der Waals surface area contributed by atoms with E-state index in [9.17, 15) is 4.39 Å². The van der Waals surface area contributed by atoms with Gasteiger partial charge in [-0.25, -0.2) is 4.39 Å². The van der Waals surface area contributed by atoms with Gasteiger partial charge < -0.3 is 9.80 Å². The predicted octanol–water partition coefficient (Wildman–Crippen LogP) is 2.54. The minimum atomic E-state index is -0.124. The SMILES string of the molecule is CN(C)C(=NCCSCc1ccccc1F)N(C)C. The van der Waals surface area contributed by atoms with E-state index >= 15 is 0 Å². The summed E-state index contributed by atoms with van der Waals surface area (Å²) in [5.74, 6) is 2.41. The van der Waals surface area contributed by atoms with Gasteiger partial charge >= 0.3 is 0 Å². The van der Waals surface area contributed by atoms with Crippen LogP contribution in [0.15, 0.2) is 29.3 Å². The van der Waals surface area contributed by atoms with Gasteiger partial charge in [-0.15, -0.1) is 0 Å². The monoisotopic (exact) mass is 283 g/mol. The van der Waals surface area contributed by atoms with Gasteiger partial charge in [0.15, 0.2) is 5.96 Å². The fourth-order valence-electron chi connectivity index (χ4n) is 1.69. The largest absolute Gasteiger partial charge is 0.349 e. The van der Waals surface area contributed by atoms with Crippen molar-refractivity contribution in [1.82, 2.24) is 9.80 Å². The number of aliphatic imine (C=N–C) groups is 1. The first-order chi connectivity index (χ1) is 9.02. The highest BCUT2D eigenvalue weighted by molar-refractivity contribution is 7.98. The van der Waals surface area contributed by atoms with Crippen molar-refractivity contribution in [2.24, 2.45) is 4.99 Å². The Morgan fingerprint density at radius 3 is 2.37 bits per heavy atom. The maximum atomic E-state index is 13.4. The number of halogens is 1. The van der Waals surface area contributed by atoms with E-state index < -0.39 is 0 Å². The summed E-state index contributed by atoms with van der Waals surface area (Å²) in [6.07, 6.45) is 0. The van der Waals surface area contributed by atoms with Crippen LogP contribution < -0.4 is 0 Å². The first-order valence-corrected chi connectivity index (χ1v) is 7.38. The Bertz CT molecular complexity index is 409. The Hall–Kier alpha value is -1.23. The van der Waals surface area contributed by atoms with Crippen LogP contribution in [0.1, 0.15) is 5.56 Å². The van der Waals surface area contributed by atoms with E-state index in [2.05, 4.69) is 4.99 Å². The van der Waals surface area contributed by atoms with Crippen molar-refractivity contribution in [3.05, 3.63) is 35.6 Å². The normalized spacial score (nSPS) is 10.2. The van der Waals surface area contributed by atoms with Crippen LogP contribution >= 0.6 is 11.8 Å². The molecule has 106 valence electrons. The number of hydrogen-bond acceptors (Lipinski definition) is 2. The summed E-state index contributed by atoms with van der Waals surface area (Å²) in [7, 11) is 7.91. The highest BCUT2D eigenvalue weighted by Crippen LogP contribution is 2.15. The molecule has 0 radical (unpaired) electrons. The molecule has 0 spiro atoms. The van der Waals surface area contributed by atoms with Crippen LogP contribution in [-0.4, -0.2) is 56.2 Å². The molecule has 1 rings (SSSR count). The zero-order valence-electron chi connectivity index (χ0n) is 12.1. The summed E-state index contributed by atoms with van der Waals surface area (Å²) in [4.78, 5) is 8.51. The van der Waals surface area contributed by atoms with Gasteiger partial charge in [-0.2, -0.15) is 11.8 Å². The van der Waals surface area contributed by atoms with Gasteiger partial charge in [0.1, 0.15) is 5.82 Å². The Balaban J connectivity index is 2.35. The maximum absolute atomic E-state index is 13.4. The average Bonchev–Trinajstić information content (AvgIpc) is 2.34. The summed E-state index contributed by atoms with van der Waals surface area (Å²) in [5.41, 5.74) is 0.761. The van der Waals surface area contributed by atoms with Crippen LogP contribution in [0, 0.1) is 5.82 Å². The first kappa shape index (κ1) is 15.8. The van der Waals surface area contributed by atoms with E-state index in [4.69, 9.17) is 0 Å². The molecule has 0 heterocycles. The molecule has 0 saturated heterocycles. The molecule has 0 N–H and O–H groups in total. The van der Waals surface area contributed by atoms with Crippen molar-refractivity contribution in [3.63, 3.8) is 0 Å². The molecule has 19 heavy (non-hydrogen) atoms. The van der Waals surface area contributed by atoms with Crippen molar-refractivity contribution in [1.29, 1.82) is 0 Å². The van der Waals surface area contributed by atoms with E-state index in [-0.39, 0.29) is 5.82 Å². The molecule has 0 saturated carbocycles. The molecule has 5 heteroatoms. The van der Waals surface area contributed by atoms with Crippen LogP contribution in [0.3, 0.4) is 0 Å². The number of nitrogens with zero attached hydrogens (tertiary/aromatic N) is 3. The second-order valence-corrected chi connectivity index (χ2v) is 5.72. The quantitative estimate of drug-likeness (QED) is 0.470. The third-order valence-electron chi connectivity index (χ3n) is 2.50. The van der Waals surface area contributed by atoms with Gasteiger partial charge in [0.05, 0.1) is 6.54 Å². The Morgan fingerprint density at radius 1 is 1.16 bits per heavy atom. The summed E-state index contributed by atoms with van der Waals surface area (Å²) >= 11 is 1.70. The molecule has 0 bridgehead atoms. The van der Waals surface area contributed by atoms with Crippen LogP contribution in [0.4, 0.5) is 4.39 Å². The lowest BCUT2D eigenvalue weighted by atomic mass is 10.2. The predicted molar refractivity (Wildman–Crippen MR) is 82.2 cm³/mol. The van der Waals surface area contributed by atoms with Gasteiger partial charge in [0.25, 0.3) is 0 Å². The average molecular weight is 283 g/mol. The molecule has 0 atom stereocenters. The highest BCUT2D eigenvalue weighted by atomic mass is 32.2. The summed E-state index contributed by atoms with van der Waals surface area (Å²) < 4.78 is 13.4. The number of benzene rings is 1. The summed E-state index contributed by atoms with van der Waals surface area (Å²) in [5, 5.41) is 0. The van der Waals surface area contributed by atoms with Crippen molar-refractivity contribution >= 4 is 17.7 Å². The second kappa shape index (κ2) is 8.04. The number of hydrogen-bond donors (Lipinski definition) is 0. The third-order valence-corrected chi connectivity index (χ3v) is 3.49. The lowest BCUT2D eigenvalue weighted by Crippen LogP contribution is -2.35. The molecule has 0 aliphatic carbocycles. The smallest absolute Gasteiger partial charge is 0.195 e. The maximum Gasteiger partial charge on any atom is 0.195 e. The van der Waals surface area contributed by atoms with Crippen LogP contribution in [0.2, 0.25) is 0 Å². The summed E-state index contributed by atoms with van der Waals surface area (Å²) in [6, 6.07) is 6.92. The zero-order valence-corrected chi connectivity index (χ0v) is 12.9. The first-order valence-electron chi connectivity index (χ1n) is 6.22. The standard InChI is InChI=1S/C14H22FN3S/c1-17(2)14(18(3)4)16-9-10-19-11-12-7-5-6-8-13(12)15/h5-8H,9-11H2,1-4H3. The van der Waals surface area contributed by atoms with Crippen molar-refractivity contribution in [2.75, 3.05) is 40.5 Å². The fraction of sp³-hybridized carbons (Fsp3) is 0.500. The van der Waals surface area contributed by atoms with Crippen molar-refractivity contribution in [3.8, 4) is 0 Å². The second-order valence-electron chi connectivity index (χ2n) is 4.61. The molecule has 0 aromatic heterocycles. The van der Waals surface area contributed by atoms with E-state index in [0.717, 1.165) is 23.8 Å². The van der Waals surface area contributed by atoms with E-state index in [1.165, 1.54) is 6.07 Å². The lowest BCUT2D eigenvalue weighted by molar-refractivity contribution is 0.480. The highest BCUT2D eigenvalue weighted by Gasteiger charge is 2.03. The molecule has 3 nitrogen and oxygen atoms in total. The number of rotatable bonds is 5. The molecule has 0 amide bonds. The van der Waals surface area contributed by atoms with Gasteiger partial charge in [-0.3, -0.25) is 4.99 Å². The van der Waals surface area contributed by atoms with E-state index in [1.54, 1.807) is 17.8 Å². The number of guanidine groups is 1. The van der Waals surface area contributed by atoms with Gasteiger partial charge in [-0.1, -0.05) is 18.2 Å². The molecular formula is C14H22FN3S. The van der Waals surface area contributed by atoms with Crippen LogP contribution in [-0.2, 0) is 5.75 Å². The molecule has 0 aliphatic rings. The van der Waals surface area contributed by atoms with Crippen LogP contribution in [0.25, 0.3) is 0 Å². The van der Waals surface area contributed by atoms with Crippen molar-refractivity contribution in [2.45, 2.75) is 5.75 Å². The van der Waals surface area contributed by atoms with Gasteiger partial charge in [0.2, 0.25) is 0 Å². The Labute approximate surface area is 119 Å². The van der Waals surface area contributed by atoms with Gasteiger partial charge in [-0.05, 0) is 11.6 Å². The number of thioether (sulfide) groups is 1. The van der Waals surface area contributed by atoms with Crippen LogP contribution in [0.5, 0.6) is 0 Å².